The van der Waals surface area contributed by atoms with Crippen LogP contribution in [-0.4, -0.2) is 0 Å². The lowest BCUT2D eigenvalue weighted by Crippen LogP contribution is -2.11. The molecule has 0 nitrogen and oxygen atoms in total. The lowest BCUT2D eigenvalue weighted by Gasteiger charge is -2.23. The molecular weight excluding hydrogens is 240 g/mol. The molecule has 2 aromatic rings. The van der Waals surface area contributed by atoms with E-state index in [1.807, 2.05) is 0 Å². The van der Waals surface area contributed by atoms with Crippen LogP contribution in [0.15, 0.2) is 54.6 Å². The molecule has 2 aromatic carbocycles. The van der Waals surface area contributed by atoms with E-state index >= 15 is 0 Å². The fraction of sp³-hybridized carbons (Fsp3) is 0.400. The maximum atomic E-state index is 2.33. The molecule has 1 atom stereocenters. The van der Waals surface area contributed by atoms with Crippen molar-refractivity contribution >= 4 is 0 Å². The van der Waals surface area contributed by atoms with Crippen molar-refractivity contribution in [3.63, 3.8) is 0 Å². The number of benzene rings is 2. The maximum Gasteiger partial charge on any atom is -0.00983 e. The van der Waals surface area contributed by atoms with Crippen molar-refractivity contribution in [3.05, 3.63) is 71.3 Å². The number of aryl methyl sites for hydroxylation is 1. The number of hydrogen-bond donors (Lipinski definition) is 0. The van der Waals surface area contributed by atoms with Crippen LogP contribution in [0.2, 0.25) is 0 Å². The SMILES string of the molecule is CCCc1ccccc1CC(c1ccccc1)C(C)C. The summed E-state index contributed by atoms with van der Waals surface area (Å²) < 4.78 is 0. The third-order valence-electron chi connectivity index (χ3n) is 4.11. The van der Waals surface area contributed by atoms with E-state index in [1.54, 1.807) is 0 Å². The van der Waals surface area contributed by atoms with Crippen molar-refractivity contribution in [1.29, 1.82) is 0 Å². The Labute approximate surface area is 123 Å². The Morgan fingerprint density at radius 1 is 0.800 bits per heavy atom. The van der Waals surface area contributed by atoms with Crippen LogP contribution in [0.5, 0.6) is 0 Å². The first-order valence-electron chi connectivity index (χ1n) is 7.84. The zero-order chi connectivity index (χ0) is 14.4. The quantitative estimate of drug-likeness (QED) is 0.636. The Kier molecular flexibility index (Phi) is 5.40. The fourth-order valence-electron chi connectivity index (χ4n) is 2.95. The molecule has 0 bridgehead atoms. The molecular formula is C20H26. The molecule has 0 heterocycles. The van der Waals surface area contributed by atoms with E-state index in [0.717, 1.165) is 6.42 Å². The molecule has 0 aliphatic heterocycles. The van der Waals surface area contributed by atoms with E-state index in [-0.39, 0.29) is 0 Å². The van der Waals surface area contributed by atoms with Crippen LogP contribution in [0.25, 0.3) is 0 Å². The Bertz CT molecular complexity index is 511. The molecule has 0 radical (unpaired) electrons. The summed E-state index contributed by atoms with van der Waals surface area (Å²) in [6, 6.07) is 19.9. The molecule has 0 aliphatic rings. The molecule has 1 unspecified atom stereocenters. The summed E-state index contributed by atoms with van der Waals surface area (Å²) in [6.07, 6.45) is 3.56. The molecule has 2 rings (SSSR count). The Morgan fingerprint density at radius 3 is 2.00 bits per heavy atom. The highest BCUT2D eigenvalue weighted by Crippen LogP contribution is 2.29. The molecule has 0 saturated carbocycles. The first-order valence-corrected chi connectivity index (χ1v) is 7.84. The third-order valence-corrected chi connectivity index (χ3v) is 4.11. The van der Waals surface area contributed by atoms with Crippen LogP contribution in [0.3, 0.4) is 0 Å². The van der Waals surface area contributed by atoms with Crippen LogP contribution < -0.4 is 0 Å². The highest BCUT2D eigenvalue weighted by atomic mass is 14.2. The van der Waals surface area contributed by atoms with Crippen LogP contribution in [-0.2, 0) is 12.8 Å². The van der Waals surface area contributed by atoms with Gasteiger partial charge in [0.15, 0.2) is 0 Å². The van der Waals surface area contributed by atoms with Crippen LogP contribution in [0.4, 0.5) is 0 Å². The molecule has 0 fully saturated rings. The van der Waals surface area contributed by atoms with Gasteiger partial charge in [-0.3, -0.25) is 0 Å². The molecule has 20 heavy (non-hydrogen) atoms. The predicted molar refractivity (Wildman–Crippen MR) is 88.2 cm³/mol. The molecule has 0 spiro atoms. The van der Waals surface area contributed by atoms with Gasteiger partial charge >= 0.3 is 0 Å². The van der Waals surface area contributed by atoms with Crippen LogP contribution >= 0.6 is 0 Å². The fourth-order valence-corrected chi connectivity index (χ4v) is 2.95. The average molecular weight is 266 g/mol. The smallest absolute Gasteiger partial charge is 0.00983 e. The van der Waals surface area contributed by atoms with Crippen molar-refractivity contribution in [2.24, 2.45) is 5.92 Å². The van der Waals surface area contributed by atoms with Gasteiger partial charge in [-0.25, -0.2) is 0 Å². The van der Waals surface area contributed by atoms with E-state index in [0.29, 0.717) is 11.8 Å². The largest absolute Gasteiger partial charge is 0.0651 e. The normalized spacial score (nSPS) is 12.6. The van der Waals surface area contributed by atoms with Crippen LogP contribution in [0.1, 0.15) is 49.8 Å². The van der Waals surface area contributed by atoms with Gasteiger partial charge < -0.3 is 0 Å². The van der Waals surface area contributed by atoms with Gasteiger partial charge in [0.2, 0.25) is 0 Å². The van der Waals surface area contributed by atoms with E-state index in [4.69, 9.17) is 0 Å². The summed E-state index contributed by atoms with van der Waals surface area (Å²) in [4.78, 5) is 0. The topological polar surface area (TPSA) is 0 Å². The zero-order valence-electron chi connectivity index (χ0n) is 13.0. The van der Waals surface area contributed by atoms with Gasteiger partial charge in [0, 0.05) is 0 Å². The Morgan fingerprint density at radius 2 is 1.40 bits per heavy atom. The second-order valence-electron chi connectivity index (χ2n) is 5.98. The van der Waals surface area contributed by atoms with Crippen molar-refractivity contribution in [2.75, 3.05) is 0 Å². The minimum absolute atomic E-state index is 0.606. The van der Waals surface area contributed by atoms with E-state index in [2.05, 4.69) is 75.4 Å². The van der Waals surface area contributed by atoms with Gasteiger partial charge in [-0.2, -0.15) is 0 Å². The lowest BCUT2D eigenvalue weighted by atomic mass is 9.82. The minimum atomic E-state index is 0.606. The molecule has 0 amide bonds. The summed E-state index contributed by atoms with van der Waals surface area (Å²) >= 11 is 0. The lowest BCUT2D eigenvalue weighted by molar-refractivity contribution is 0.494. The third kappa shape index (κ3) is 3.72. The molecule has 106 valence electrons. The van der Waals surface area contributed by atoms with Gasteiger partial charge in [-0.1, -0.05) is 81.8 Å². The van der Waals surface area contributed by atoms with Crippen molar-refractivity contribution in [2.45, 2.75) is 46.0 Å². The van der Waals surface area contributed by atoms with E-state index in [1.165, 1.54) is 29.5 Å². The van der Waals surface area contributed by atoms with Crippen molar-refractivity contribution in [3.8, 4) is 0 Å². The molecule has 0 heteroatoms. The summed E-state index contributed by atoms with van der Waals surface area (Å²) in [5, 5.41) is 0. The van der Waals surface area contributed by atoms with Gasteiger partial charge in [0.05, 0.1) is 0 Å². The van der Waals surface area contributed by atoms with E-state index in [9.17, 15) is 0 Å². The van der Waals surface area contributed by atoms with Gasteiger partial charge in [0.1, 0.15) is 0 Å². The molecule has 0 saturated heterocycles. The molecule has 0 aliphatic carbocycles. The van der Waals surface area contributed by atoms with Gasteiger partial charge in [-0.15, -0.1) is 0 Å². The molecule has 0 aromatic heterocycles. The summed E-state index contributed by atoms with van der Waals surface area (Å²) in [7, 11) is 0. The minimum Gasteiger partial charge on any atom is -0.0651 e. The molecule has 0 N–H and O–H groups in total. The first kappa shape index (κ1) is 14.8. The predicted octanol–water partition coefficient (Wildman–Crippen LogP) is 5.62. The van der Waals surface area contributed by atoms with Crippen LogP contribution in [0, 0.1) is 5.92 Å². The Hall–Kier alpha value is -1.56. The Balaban J connectivity index is 2.25. The second kappa shape index (κ2) is 7.28. The van der Waals surface area contributed by atoms with Gasteiger partial charge in [-0.05, 0) is 41.4 Å². The zero-order valence-corrected chi connectivity index (χ0v) is 13.0. The highest BCUT2D eigenvalue weighted by Gasteiger charge is 2.17. The standard InChI is InChI=1S/C20H26/c1-4-10-17-11-8-9-14-19(17)15-20(16(2)3)18-12-6-5-7-13-18/h5-9,11-14,16,20H,4,10,15H2,1-3H3. The highest BCUT2D eigenvalue weighted by molar-refractivity contribution is 5.31. The average Bonchev–Trinajstić information content (AvgIpc) is 2.47. The number of rotatable bonds is 6. The summed E-state index contributed by atoms with van der Waals surface area (Å²) in [5.74, 6) is 1.27. The monoisotopic (exact) mass is 266 g/mol. The second-order valence-corrected chi connectivity index (χ2v) is 5.98. The maximum absolute atomic E-state index is 2.33. The summed E-state index contributed by atoms with van der Waals surface area (Å²) in [6.45, 7) is 6.92. The van der Waals surface area contributed by atoms with E-state index < -0.39 is 0 Å². The summed E-state index contributed by atoms with van der Waals surface area (Å²) in [5.41, 5.74) is 4.52. The van der Waals surface area contributed by atoms with Crippen molar-refractivity contribution in [1.82, 2.24) is 0 Å². The van der Waals surface area contributed by atoms with Gasteiger partial charge in [0.25, 0.3) is 0 Å². The number of hydrogen-bond acceptors (Lipinski definition) is 0. The van der Waals surface area contributed by atoms with Crippen molar-refractivity contribution < 1.29 is 0 Å². The first-order chi connectivity index (χ1) is 9.72.